The molecule has 5 rings (SSSR count). The molecule has 2 aliphatic heterocycles. The second-order valence-corrected chi connectivity index (χ2v) is 10.2. The number of nitrogens with zero attached hydrogens (tertiary/aromatic N) is 1. The molecule has 3 aromatic rings. The van der Waals surface area contributed by atoms with Crippen molar-refractivity contribution in [1.29, 1.82) is 0 Å². The third kappa shape index (κ3) is 4.76. The number of ether oxygens (including phenoxy) is 2. The van der Waals surface area contributed by atoms with Crippen molar-refractivity contribution in [3.8, 4) is 23.0 Å². The molecule has 2 heterocycles. The Morgan fingerprint density at radius 1 is 1.03 bits per heavy atom. The Kier molecular flexibility index (Phi) is 6.58. The van der Waals surface area contributed by atoms with Crippen LogP contribution >= 0.6 is 0 Å². The van der Waals surface area contributed by atoms with Crippen LogP contribution in [0.15, 0.2) is 54.6 Å². The highest BCUT2D eigenvalue weighted by Gasteiger charge is 2.42. The number of phenols is 2. The van der Waals surface area contributed by atoms with Crippen molar-refractivity contribution in [2.24, 2.45) is 5.92 Å². The molecule has 0 aliphatic carbocycles. The van der Waals surface area contributed by atoms with Gasteiger partial charge in [0.05, 0.1) is 5.56 Å². The second-order valence-electron chi connectivity index (χ2n) is 10.2. The Bertz CT molecular complexity index is 1330. The minimum atomic E-state index is -1.30. The average molecular weight is 508 g/mol. The number of benzene rings is 3. The largest absolute Gasteiger partial charge is 0.508 e. The van der Waals surface area contributed by atoms with Gasteiger partial charge >= 0.3 is 0 Å². The molecular formula is C30H31F2NO4. The lowest BCUT2D eigenvalue weighted by atomic mass is 9.77. The molecule has 0 saturated carbocycles. The van der Waals surface area contributed by atoms with Crippen molar-refractivity contribution in [3.05, 3.63) is 82.9 Å². The number of phenolic OH excluding ortho intramolecular Hbond substituents is 2. The lowest BCUT2D eigenvalue weighted by Gasteiger charge is -2.40. The van der Waals surface area contributed by atoms with Crippen molar-refractivity contribution in [2.45, 2.75) is 32.8 Å². The van der Waals surface area contributed by atoms with Gasteiger partial charge < -0.3 is 19.7 Å². The monoisotopic (exact) mass is 507 g/mol. The fraction of sp³-hybridized carbons (Fsp3) is 0.333. The van der Waals surface area contributed by atoms with Crippen molar-refractivity contribution in [3.63, 3.8) is 0 Å². The fourth-order valence-corrected chi connectivity index (χ4v) is 5.49. The Hall–Kier alpha value is -3.58. The third-order valence-electron chi connectivity index (χ3n) is 7.40. The predicted molar refractivity (Wildman–Crippen MR) is 139 cm³/mol. The van der Waals surface area contributed by atoms with Crippen LogP contribution in [-0.4, -0.2) is 41.4 Å². The topological polar surface area (TPSA) is 62.2 Å². The van der Waals surface area contributed by atoms with Gasteiger partial charge in [-0.05, 0) is 68.1 Å². The molecule has 2 aliphatic rings. The van der Waals surface area contributed by atoms with Crippen LogP contribution in [0.25, 0.3) is 11.1 Å². The van der Waals surface area contributed by atoms with Gasteiger partial charge in [0.15, 0.2) is 5.60 Å². The molecule has 5 nitrogen and oxygen atoms in total. The normalized spacial score (nSPS) is 21.6. The van der Waals surface area contributed by atoms with E-state index in [1.807, 2.05) is 24.3 Å². The number of fused-ring (bicyclic) bond motifs is 1. The van der Waals surface area contributed by atoms with Crippen LogP contribution in [0.1, 0.15) is 43.9 Å². The summed E-state index contributed by atoms with van der Waals surface area (Å²) >= 11 is 0. The summed E-state index contributed by atoms with van der Waals surface area (Å²) in [4.78, 5) is 2.39. The SMILES string of the molecule is CC1=C(c2c(F)cc(O)cc2F)C(C)(c2ccc(OCCN3CCC(C)C3)cc2)Oc2cc(O)ccc21. The maximum Gasteiger partial charge on any atom is 0.157 e. The van der Waals surface area contributed by atoms with Crippen LogP contribution in [0.4, 0.5) is 8.78 Å². The second kappa shape index (κ2) is 9.71. The molecule has 0 radical (unpaired) electrons. The quantitative estimate of drug-likeness (QED) is 0.408. The molecule has 7 heteroatoms. The molecule has 1 fully saturated rings. The van der Waals surface area contributed by atoms with E-state index in [1.165, 1.54) is 18.6 Å². The van der Waals surface area contributed by atoms with Crippen LogP contribution in [0.2, 0.25) is 0 Å². The van der Waals surface area contributed by atoms with Crippen LogP contribution < -0.4 is 9.47 Å². The van der Waals surface area contributed by atoms with E-state index in [9.17, 15) is 10.2 Å². The zero-order valence-electron chi connectivity index (χ0n) is 21.2. The number of hydrogen-bond donors (Lipinski definition) is 2. The molecule has 2 atom stereocenters. The maximum atomic E-state index is 15.2. The highest BCUT2D eigenvalue weighted by molar-refractivity contribution is 5.97. The zero-order chi connectivity index (χ0) is 26.3. The van der Waals surface area contributed by atoms with Gasteiger partial charge in [-0.3, -0.25) is 4.90 Å². The van der Waals surface area contributed by atoms with E-state index in [1.54, 1.807) is 19.9 Å². The van der Waals surface area contributed by atoms with Crippen molar-refractivity contribution in [1.82, 2.24) is 4.90 Å². The summed E-state index contributed by atoms with van der Waals surface area (Å²) < 4.78 is 42.7. The van der Waals surface area contributed by atoms with Gasteiger partial charge in [0.2, 0.25) is 0 Å². The Morgan fingerprint density at radius 3 is 2.38 bits per heavy atom. The average Bonchev–Trinajstić information content (AvgIpc) is 3.25. The zero-order valence-corrected chi connectivity index (χ0v) is 21.2. The Labute approximate surface area is 215 Å². The lowest BCUT2D eigenvalue weighted by Crippen LogP contribution is -2.35. The van der Waals surface area contributed by atoms with E-state index in [0.29, 0.717) is 40.4 Å². The number of rotatable bonds is 6. The first-order valence-electron chi connectivity index (χ1n) is 12.5. The van der Waals surface area contributed by atoms with Crippen LogP contribution in [0.5, 0.6) is 23.0 Å². The molecule has 1 saturated heterocycles. The van der Waals surface area contributed by atoms with Gasteiger partial charge in [0, 0.05) is 42.4 Å². The predicted octanol–water partition coefficient (Wildman–Crippen LogP) is 6.34. The van der Waals surface area contributed by atoms with Crippen molar-refractivity contribution >= 4 is 11.1 Å². The summed E-state index contributed by atoms with van der Waals surface area (Å²) in [6.07, 6.45) is 1.21. The van der Waals surface area contributed by atoms with Crippen molar-refractivity contribution in [2.75, 3.05) is 26.2 Å². The molecule has 2 unspecified atom stereocenters. The summed E-state index contributed by atoms with van der Waals surface area (Å²) in [7, 11) is 0. The van der Waals surface area contributed by atoms with E-state index >= 15 is 8.78 Å². The molecule has 0 aromatic heterocycles. The van der Waals surface area contributed by atoms with Crippen molar-refractivity contribution < 1.29 is 28.5 Å². The van der Waals surface area contributed by atoms with Gasteiger partial charge in [0.1, 0.15) is 41.2 Å². The minimum Gasteiger partial charge on any atom is -0.508 e. The number of aromatic hydroxyl groups is 2. The lowest BCUT2D eigenvalue weighted by molar-refractivity contribution is 0.147. The molecule has 0 bridgehead atoms. The number of allylic oxidation sites excluding steroid dienone is 1. The summed E-state index contributed by atoms with van der Waals surface area (Å²) in [5.74, 6) is -0.431. The minimum absolute atomic E-state index is 0.0236. The number of likely N-dealkylation sites (tertiary alicyclic amines) is 1. The standard InChI is InChI=1S/C30H31F2NO4/c1-18-10-11-33(17-18)12-13-36-23-7-4-20(5-8-23)30(3)29(28-25(31)14-22(35)15-26(28)32)19(2)24-9-6-21(34)16-27(24)37-30/h4-9,14-16,18,34-35H,10-13,17H2,1-3H3. The number of hydrogen-bond acceptors (Lipinski definition) is 5. The third-order valence-corrected chi connectivity index (χ3v) is 7.40. The summed E-state index contributed by atoms with van der Waals surface area (Å²) in [6, 6.07) is 13.7. The summed E-state index contributed by atoms with van der Waals surface area (Å²) in [5, 5.41) is 19.8. The Balaban J connectivity index is 1.50. The maximum absolute atomic E-state index is 15.2. The molecule has 37 heavy (non-hydrogen) atoms. The molecule has 2 N–H and O–H groups in total. The summed E-state index contributed by atoms with van der Waals surface area (Å²) in [5.41, 5.74) is 0.617. The molecule has 194 valence electrons. The van der Waals surface area contributed by atoms with E-state index < -0.39 is 23.0 Å². The first kappa shape index (κ1) is 25.1. The van der Waals surface area contributed by atoms with E-state index in [4.69, 9.17) is 9.47 Å². The van der Waals surface area contributed by atoms with Crippen LogP contribution in [-0.2, 0) is 5.60 Å². The van der Waals surface area contributed by atoms with Gasteiger partial charge in [-0.15, -0.1) is 0 Å². The molecule has 0 spiro atoms. The first-order valence-corrected chi connectivity index (χ1v) is 12.5. The van der Waals surface area contributed by atoms with Gasteiger partial charge in [-0.1, -0.05) is 19.1 Å². The van der Waals surface area contributed by atoms with Gasteiger partial charge in [0.25, 0.3) is 0 Å². The van der Waals surface area contributed by atoms with E-state index in [-0.39, 0.29) is 11.3 Å². The van der Waals surface area contributed by atoms with E-state index in [0.717, 1.165) is 37.7 Å². The molecule has 0 amide bonds. The number of halogens is 2. The Morgan fingerprint density at radius 2 is 1.73 bits per heavy atom. The van der Waals surface area contributed by atoms with Crippen LogP contribution in [0.3, 0.4) is 0 Å². The first-order chi connectivity index (χ1) is 17.7. The molecule has 3 aromatic carbocycles. The van der Waals surface area contributed by atoms with Crippen LogP contribution in [0, 0.1) is 17.6 Å². The summed E-state index contributed by atoms with van der Waals surface area (Å²) in [6.45, 7) is 9.39. The smallest absolute Gasteiger partial charge is 0.157 e. The highest BCUT2D eigenvalue weighted by Crippen LogP contribution is 2.52. The van der Waals surface area contributed by atoms with Gasteiger partial charge in [-0.25, -0.2) is 8.78 Å². The van der Waals surface area contributed by atoms with E-state index in [2.05, 4.69) is 11.8 Å². The highest BCUT2D eigenvalue weighted by atomic mass is 19.1. The fourth-order valence-electron chi connectivity index (χ4n) is 5.49. The molecular weight excluding hydrogens is 476 g/mol. The van der Waals surface area contributed by atoms with Gasteiger partial charge in [-0.2, -0.15) is 0 Å².